The molecule has 0 aromatic carbocycles. The second kappa shape index (κ2) is 7.90. The quantitative estimate of drug-likeness (QED) is 0.573. The maximum absolute atomic E-state index is 12.9. The number of urea groups is 1. The first kappa shape index (κ1) is 20.3. The monoisotopic (exact) mass is 406 g/mol. The van der Waals surface area contributed by atoms with E-state index in [1.807, 2.05) is 13.8 Å². The third kappa shape index (κ3) is 3.50. The molecular weight excluding hydrogens is 380 g/mol. The van der Waals surface area contributed by atoms with Gasteiger partial charge in [0.05, 0.1) is 5.56 Å². The molecule has 0 radical (unpaired) electrons. The summed E-state index contributed by atoms with van der Waals surface area (Å²) >= 11 is 1.34. The van der Waals surface area contributed by atoms with Crippen molar-refractivity contribution < 1.29 is 19.2 Å². The normalized spacial score (nSPS) is 17.6. The molecule has 4 N–H and O–H groups in total. The third-order valence-electron chi connectivity index (χ3n) is 5.32. The zero-order valence-corrected chi connectivity index (χ0v) is 17.0. The van der Waals surface area contributed by atoms with E-state index < -0.39 is 23.4 Å². The number of imide groups is 1. The van der Waals surface area contributed by atoms with Crippen molar-refractivity contribution in [2.45, 2.75) is 64.3 Å². The molecule has 1 aromatic rings. The van der Waals surface area contributed by atoms with Gasteiger partial charge in [0.2, 0.25) is 5.91 Å². The number of aryl methyl sites for hydroxylation is 1. The van der Waals surface area contributed by atoms with Crippen LogP contribution >= 0.6 is 11.3 Å². The molecule has 1 saturated heterocycles. The number of hydrogen-bond donors (Lipinski definition) is 3. The molecule has 9 heteroatoms. The van der Waals surface area contributed by atoms with Crippen LogP contribution in [0.25, 0.3) is 0 Å². The highest BCUT2D eigenvalue weighted by Gasteiger charge is 2.50. The van der Waals surface area contributed by atoms with Crippen LogP contribution in [0.15, 0.2) is 0 Å². The number of thiophene rings is 1. The number of nitrogens with two attached hydrogens (primary N) is 1. The van der Waals surface area contributed by atoms with Gasteiger partial charge < -0.3 is 16.4 Å². The van der Waals surface area contributed by atoms with Crippen molar-refractivity contribution in [3.05, 3.63) is 16.0 Å². The van der Waals surface area contributed by atoms with E-state index in [2.05, 4.69) is 10.6 Å². The molecule has 8 nitrogen and oxygen atoms in total. The van der Waals surface area contributed by atoms with Gasteiger partial charge in [-0.05, 0) is 37.7 Å². The first-order valence-corrected chi connectivity index (χ1v) is 10.5. The molecule has 0 atom stereocenters. The summed E-state index contributed by atoms with van der Waals surface area (Å²) in [4.78, 5) is 51.7. The molecule has 3 rings (SSSR count). The summed E-state index contributed by atoms with van der Waals surface area (Å²) in [6, 6.07) is -0.550. The molecule has 0 saturated carbocycles. The minimum absolute atomic E-state index is 0.356. The lowest BCUT2D eigenvalue weighted by molar-refractivity contribution is -0.134. The zero-order chi connectivity index (χ0) is 20.5. The number of primary amides is 1. The van der Waals surface area contributed by atoms with Gasteiger partial charge in [0.15, 0.2) is 0 Å². The van der Waals surface area contributed by atoms with E-state index in [4.69, 9.17) is 5.73 Å². The fraction of sp³-hybridized carbons (Fsp3) is 0.579. The molecule has 0 bridgehead atoms. The van der Waals surface area contributed by atoms with Gasteiger partial charge in [0.25, 0.3) is 11.8 Å². The molecular formula is C19H26N4O4S. The number of anilines is 1. The minimum atomic E-state index is -0.927. The van der Waals surface area contributed by atoms with E-state index in [1.165, 1.54) is 11.3 Å². The van der Waals surface area contributed by atoms with Crippen molar-refractivity contribution in [3.8, 4) is 0 Å². The second-order valence-corrected chi connectivity index (χ2v) is 8.48. The number of fused-ring (bicyclic) bond motifs is 1. The van der Waals surface area contributed by atoms with Gasteiger partial charge in [-0.25, -0.2) is 4.79 Å². The summed E-state index contributed by atoms with van der Waals surface area (Å²) < 4.78 is 0. The van der Waals surface area contributed by atoms with Gasteiger partial charge in [-0.15, -0.1) is 11.3 Å². The van der Waals surface area contributed by atoms with Crippen molar-refractivity contribution >= 4 is 40.1 Å². The Balaban J connectivity index is 1.74. The number of carbonyl (C=O) groups is 4. The number of carbonyl (C=O) groups excluding carboxylic acids is 4. The van der Waals surface area contributed by atoms with Crippen LogP contribution < -0.4 is 16.4 Å². The Labute approximate surface area is 167 Å². The van der Waals surface area contributed by atoms with E-state index in [0.717, 1.165) is 47.4 Å². The SMILES string of the molecule is CCCC1(CCC)NC(=O)N(CC(=O)Nc2sc3c(c2C(N)=O)CCC3)C1=O. The number of rotatable bonds is 8. The Bertz CT molecular complexity index is 826. The maximum atomic E-state index is 12.9. The van der Waals surface area contributed by atoms with Gasteiger partial charge in [-0.3, -0.25) is 19.3 Å². The van der Waals surface area contributed by atoms with Crippen LogP contribution in [0.2, 0.25) is 0 Å². The van der Waals surface area contributed by atoms with Crippen LogP contribution in [0.3, 0.4) is 0 Å². The largest absolute Gasteiger partial charge is 0.365 e. The lowest BCUT2D eigenvalue weighted by Gasteiger charge is -2.25. The highest BCUT2D eigenvalue weighted by Crippen LogP contribution is 2.39. The van der Waals surface area contributed by atoms with E-state index in [-0.39, 0.29) is 12.5 Å². The smallest absolute Gasteiger partial charge is 0.325 e. The first-order valence-electron chi connectivity index (χ1n) is 9.71. The molecule has 1 fully saturated rings. The van der Waals surface area contributed by atoms with Gasteiger partial charge in [-0.1, -0.05) is 26.7 Å². The van der Waals surface area contributed by atoms with Gasteiger partial charge >= 0.3 is 6.03 Å². The summed E-state index contributed by atoms with van der Waals surface area (Å²) in [7, 11) is 0. The second-order valence-electron chi connectivity index (χ2n) is 7.38. The summed E-state index contributed by atoms with van der Waals surface area (Å²) in [5.41, 5.74) is 5.84. The molecule has 1 aromatic heterocycles. The lowest BCUT2D eigenvalue weighted by Crippen LogP contribution is -2.47. The van der Waals surface area contributed by atoms with E-state index in [0.29, 0.717) is 23.4 Å². The van der Waals surface area contributed by atoms with Crippen LogP contribution in [-0.4, -0.2) is 40.7 Å². The number of hydrogen-bond acceptors (Lipinski definition) is 5. The molecule has 2 heterocycles. The fourth-order valence-corrected chi connectivity index (χ4v) is 5.51. The van der Waals surface area contributed by atoms with Crippen LogP contribution in [-0.2, 0) is 22.4 Å². The molecule has 152 valence electrons. The standard InChI is InChI=1S/C19H26N4O4S/c1-3-8-19(9-4-2)17(26)23(18(27)22-19)10-13(24)21-16-14(15(20)25)11-6-5-7-12(11)28-16/h3-10H2,1-2H3,(H2,20,25)(H,21,24)(H,22,27). The first-order chi connectivity index (χ1) is 13.3. The number of nitrogens with one attached hydrogen (secondary N) is 2. The molecule has 0 spiro atoms. The molecule has 1 aliphatic heterocycles. The topological polar surface area (TPSA) is 122 Å². The molecule has 1 aliphatic carbocycles. The Hall–Kier alpha value is -2.42. The number of amides is 5. The Morgan fingerprint density at radius 2 is 1.89 bits per heavy atom. The Morgan fingerprint density at radius 3 is 2.50 bits per heavy atom. The molecule has 0 unspecified atom stereocenters. The molecule has 2 aliphatic rings. The average Bonchev–Trinajstić information content (AvgIpc) is 3.24. The van der Waals surface area contributed by atoms with Crippen LogP contribution in [0, 0.1) is 0 Å². The van der Waals surface area contributed by atoms with Crippen molar-refractivity contribution in [1.82, 2.24) is 10.2 Å². The fourth-order valence-electron chi connectivity index (χ4n) is 4.20. The zero-order valence-electron chi connectivity index (χ0n) is 16.2. The predicted octanol–water partition coefficient (Wildman–Crippen LogP) is 2.17. The van der Waals surface area contributed by atoms with Crippen molar-refractivity contribution in [2.75, 3.05) is 11.9 Å². The summed E-state index contributed by atoms with van der Waals surface area (Å²) in [6.45, 7) is 3.52. The van der Waals surface area contributed by atoms with Crippen molar-refractivity contribution in [2.24, 2.45) is 5.73 Å². The van der Waals surface area contributed by atoms with E-state index in [9.17, 15) is 19.2 Å². The number of nitrogens with zero attached hydrogens (tertiary/aromatic N) is 1. The highest BCUT2D eigenvalue weighted by atomic mass is 32.1. The van der Waals surface area contributed by atoms with Crippen molar-refractivity contribution in [1.29, 1.82) is 0 Å². The molecule has 5 amide bonds. The van der Waals surface area contributed by atoms with Crippen LogP contribution in [0.5, 0.6) is 0 Å². The van der Waals surface area contributed by atoms with Gasteiger partial charge in [0, 0.05) is 4.88 Å². The third-order valence-corrected chi connectivity index (χ3v) is 6.53. The van der Waals surface area contributed by atoms with Crippen LogP contribution in [0.1, 0.15) is 66.8 Å². The van der Waals surface area contributed by atoms with Gasteiger partial charge in [-0.2, -0.15) is 0 Å². The summed E-state index contributed by atoms with van der Waals surface area (Å²) in [5.74, 6) is -1.45. The average molecular weight is 407 g/mol. The summed E-state index contributed by atoms with van der Waals surface area (Å²) in [5, 5.41) is 5.88. The van der Waals surface area contributed by atoms with Crippen molar-refractivity contribution in [3.63, 3.8) is 0 Å². The minimum Gasteiger partial charge on any atom is -0.365 e. The van der Waals surface area contributed by atoms with E-state index in [1.54, 1.807) is 0 Å². The highest BCUT2D eigenvalue weighted by molar-refractivity contribution is 7.17. The van der Waals surface area contributed by atoms with Crippen LogP contribution in [0.4, 0.5) is 9.80 Å². The predicted molar refractivity (Wildman–Crippen MR) is 106 cm³/mol. The lowest BCUT2D eigenvalue weighted by atomic mass is 9.88. The Kier molecular flexibility index (Phi) is 5.74. The molecule has 28 heavy (non-hydrogen) atoms. The maximum Gasteiger partial charge on any atom is 0.325 e. The van der Waals surface area contributed by atoms with E-state index >= 15 is 0 Å². The van der Waals surface area contributed by atoms with Gasteiger partial charge in [0.1, 0.15) is 17.1 Å². The summed E-state index contributed by atoms with van der Waals surface area (Å²) in [6.07, 6.45) is 5.15. The Morgan fingerprint density at radius 1 is 1.21 bits per heavy atom.